The summed E-state index contributed by atoms with van der Waals surface area (Å²) in [5, 5.41) is 3.29. The molecule has 4 nitrogen and oxygen atoms in total. The molecule has 0 atom stereocenters. The monoisotopic (exact) mass is 746 g/mol. The third-order valence-corrected chi connectivity index (χ3v) is 7.82. The smallest absolute Gasteiger partial charge is 0.123 e. The first kappa shape index (κ1) is 29.8. The molecule has 7 aromatic rings. The predicted molar refractivity (Wildman–Crippen MR) is 170 cm³/mol. The number of rotatable bonds is 3. The second-order valence-corrected chi connectivity index (χ2v) is 12.7. The van der Waals surface area contributed by atoms with Crippen LogP contribution in [0, 0.1) is 31.4 Å². The molecule has 6 heteroatoms. The van der Waals surface area contributed by atoms with Crippen LogP contribution in [0.5, 0.6) is 0 Å². The fraction of sp³-hybridized carbons (Fsp3) is 0.194. The van der Waals surface area contributed by atoms with Crippen LogP contribution in [-0.4, -0.2) is 15.0 Å². The van der Waals surface area contributed by atoms with Crippen molar-refractivity contribution in [2.24, 2.45) is 5.41 Å². The van der Waals surface area contributed by atoms with E-state index in [-0.39, 0.29) is 25.5 Å². The molecule has 3 aromatic carbocycles. The molecule has 0 saturated heterocycles. The Balaban J connectivity index is 0.000000228. The molecule has 4 heterocycles. The molecule has 213 valence electrons. The van der Waals surface area contributed by atoms with Crippen molar-refractivity contribution in [3.63, 3.8) is 0 Å². The van der Waals surface area contributed by atoms with E-state index in [0.717, 1.165) is 61.4 Å². The summed E-state index contributed by atoms with van der Waals surface area (Å²) >= 11 is 1.72. The van der Waals surface area contributed by atoms with E-state index >= 15 is 0 Å². The fourth-order valence-corrected chi connectivity index (χ4v) is 5.85. The van der Waals surface area contributed by atoms with Crippen LogP contribution in [0.15, 0.2) is 89.6 Å². The molecule has 0 spiro atoms. The number of aromatic nitrogens is 3. The van der Waals surface area contributed by atoms with Gasteiger partial charge in [-0.3, -0.25) is 0 Å². The second-order valence-electron chi connectivity index (χ2n) is 11.5. The first-order valence-corrected chi connectivity index (χ1v) is 14.5. The Hall–Kier alpha value is -3.70. The third-order valence-electron chi connectivity index (χ3n) is 6.89. The van der Waals surface area contributed by atoms with Gasteiger partial charge in [-0.25, -0.2) is 4.98 Å². The van der Waals surface area contributed by atoms with Gasteiger partial charge in [0.15, 0.2) is 0 Å². The summed E-state index contributed by atoms with van der Waals surface area (Å²) in [6.45, 7) is 11.0. The summed E-state index contributed by atoms with van der Waals surface area (Å²) in [5.74, 6) is 0. The number of nitrogens with zero attached hydrogens (tertiary/aromatic N) is 3. The molecule has 1 radical (unpaired) electrons. The summed E-state index contributed by atoms with van der Waals surface area (Å²) < 4.78 is 7.51. The molecule has 0 aliphatic carbocycles. The van der Waals surface area contributed by atoms with Crippen molar-refractivity contribution in [3.05, 3.63) is 113 Å². The van der Waals surface area contributed by atoms with E-state index in [9.17, 15) is 0 Å². The van der Waals surface area contributed by atoms with Crippen LogP contribution >= 0.6 is 11.3 Å². The van der Waals surface area contributed by atoms with Crippen molar-refractivity contribution in [2.45, 2.75) is 41.0 Å². The van der Waals surface area contributed by atoms with Gasteiger partial charge in [-0.1, -0.05) is 55.5 Å². The number of benzene rings is 3. The van der Waals surface area contributed by atoms with Gasteiger partial charge in [0, 0.05) is 44.0 Å². The number of hydrogen-bond donors (Lipinski definition) is 0. The second kappa shape index (κ2) is 12.3. The molecule has 0 fully saturated rings. The van der Waals surface area contributed by atoms with Crippen LogP contribution < -0.4 is 0 Å². The number of thiazole rings is 1. The van der Waals surface area contributed by atoms with E-state index in [4.69, 9.17) is 9.40 Å². The van der Waals surface area contributed by atoms with Crippen LogP contribution in [0.3, 0.4) is 0 Å². The minimum Gasteiger partial charge on any atom is -0.501 e. The van der Waals surface area contributed by atoms with E-state index in [0.29, 0.717) is 0 Å². The number of pyridine rings is 2. The number of hydrogen-bond acceptors (Lipinski definition) is 5. The maximum atomic E-state index is 6.32. The SMILES string of the molecule is Cc1nc2cc3oc4c(-c5cc(CC(C)(C)C)c(C)cn5)[c-]ccc4c3cc2s1.[Ir].[c-]1ccccc1-c1ccccn1. The van der Waals surface area contributed by atoms with E-state index in [1.165, 1.54) is 15.8 Å². The molecule has 0 amide bonds. The van der Waals surface area contributed by atoms with E-state index in [1.54, 1.807) is 17.5 Å². The Morgan fingerprint density at radius 3 is 2.43 bits per heavy atom. The zero-order chi connectivity index (χ0) is 28.6. The molecular weight excluding hydrogens is 715 g/mol. The fourth-order valence-electron chi connectivity index (χ4n) is 5.01. The number of furan rings is 1. The maximum Gasteiger partial charge on any atom is 0.123 e. The van der Waals surface area contributed by atoms with Gasteiger partial charge in [-0.2, -0.15) is 0 Å². The molecule has 0 unspecified atom stereocenters. The predicted octanol–water partition coefficient (Wildman–Crippen LogP) is 9.81. The van der Waals surface area contributed by atoms with Gasteiger partial charge in [-0.05, 0) is 54.8 Å². The van der Waals surface area contributed by atoms with Crippen molar-refractivity contribution < 1.29 is 24.5 Å². The van der Waals surface area contributed by atoms with Gasteiger partial charge < -0.3 is 14.4 Å². The Bertz CT molecular complexity index is 1930. The molecule has 0 saturated carbocycles. The van der Waals surface area contributed by atoms with E-state index in [2.05, 4.69) is 68.0 Å². The largest absolute Gasteiger partial charge is 0.501 e. The Kier molecular flexibility index (Phi) is 8.70. The first-order valence-electron chi connectivity index (χ1n) is 13.7. The molecular formula is C36H31IrN3OS-2. The molecule has 0 aliphatic rings. The quantitative estimate of drug-likeness (QED) is 0.169. The Morgan fingerprint density at radius 1 is 0.857 bits per heavy atom. The van der Waals surface area contributed by atoms with Crippen molar-refractivity contribution >= 4 is 43.5 Å². The van der Waals surface area contributed by atoms with Crippen LogP contribution in [0.2, 0.25) is 0 Å². The molecule has 0 aliphatic heterocycles. The van der Waals surface area contributed by atoms with Gasteiger partial charge >= 0.3 is 0 Å². The normalized spacial score (nSPS) is 11.4. The first-order chi connectivity index (χ1) is 19.7. The molecule has 4 aromatic heterocycles. The summed E-state index contributed by atoms with van der Waals surface area (Å²) in [6.07, 6.45) is 4.76. The standard InChI is InChI=1S/C25H23N2OS.C11H8N.Ir/c1-14-13-26-20(9-16(14)12-25(3,4)5)18-8-6-7-17-19-10-23-21(27-15(2)29-23)11-22(19)28-24(17)18;1-2-6-10(7-3-1)11-8-4-5-9-12-11;/h6-7,9-11,13H,12H2,1-5H3;1-6,8-9H;/q2*-1;. The molecule has 7 rings (SSSR count). The molecule has 0 N–H and O–H groups in total. The average Bonchev–Trinajstić information content (AvgIpc) is 3.51. The van der Waals surface area contributed by atoms with Gasteiger partial charge in [-0.15, -0.1) is 65.4 Å². The van der Waals surface area contributed by atoms with Crippen LogP contribution in [0.1, 0.15) is 36.9 Å². The Morgan fingerprint density at radius 2 is 1.69 bits per heavy atom. The summed E-state index contributed by atoms with van der Waals surface area (Å²) in [7, 11) is 0. The summed E-state index contributed by atoms with van der Waals surface area (Å²) in [4.78, 5) is 13.5. The summed E-state index contributed by atoms with van der Waals surface area (Å²) in [5.41, 5.74) is 9.30. The molecule has 0 bridgehead atoms. The van der Waals surface area contributed by atoms with Gasteiger partial charge in [0.1, 0.15) is 5.58 Å². The van der Waals surface area contributed by atoms with Gasteiger partial charge in [0.2, 0.25) is 0 Å². The zero-order valence-corrected chi connectivity index (χ0v) is 27.5. The van der Waals surface area contributed by atoms with Crippen molar-refractivity contribution in [2.75, 3.05) is 0 Å². The Labute approximate surface area is 264 Å². The van der Waals surface area contributed by atoms with E-state index in [1.807, 2.05) is 67.7 Å². The topological polar surface area (TPSA) is 51.8 Å². The van der Waals surface area contributed by atoms with Crippen LogP contribution in [0.25, 0.3) is 54.7 Å². The third kappa shape index (κ3) is 6.36. The maximum absolute atomic E-state index is 6.32. The minimum atomic E-state index is 0. The average molecular weight is 746 g/mol. The van der Waals surface area contributed by atoms with Gasteiger partial charge in [0.25, 0.3) is 0 Å². The minimum absolute atomic E-state index is 0. The number of fused-ring (bicyclic) bond motifs is 4. The van der Waals surface area contributed by atoms with Crippen LogP contribution in [0.4, 0.5) is 0 Å². The zero-order valence-electron chi connectivity index (χ0n) is 24.3. The van der Waals surface area contributed by atoms with Crippen LogP contribution in [-0.2, 0) is 26.5 Å². The summed E-state index contributed by atoms with van der Waals surface area (Å²) in [6, 6.07) is 30.7. The number of aryl methyl sites for hydroxylation is 2. The van der Waals surface area contributed by atoms with Crippen molar-refractivity contribution in [1.82, 2.24) is 15.0 Å². The van der Waals surface area contributed by atoms with Crippen molar-refractivity contribution in [3.8, 4) is 22.5 Å². The van der Waals surface area contributed by atoms with E-state index < -0.39 is 0 Å². The van der Waals surface area contributed by atoms with Gasteiger partial charge in [0.05, 0.1) is 20.8 Å². The molecule has 42 heavy (non-hydrogen) atoms. The van der Waals surface area contributed by atoms with Crippen molar-refractivity contribution in [1.29, 1.82) is 0 Å².